The first-order valence-corrected chi connectivity index (χ1v) is 11.1. The molecule has 0 N–H and O–H groups in total. The zero-order valence-corrected chi connectivity index (χ0v) is 19.3. The highest BCUT2D eigenvalue weighted by Crippen LogP contribution is 2.40. The highest BCUT2D eigenvalue weighted by atomic mass is 79.9. The highest BCUT2D eigenvalue weighted by Gasteiger charge is 2.18. The topological polar surface area (TPSA) is 55.1 Å². The van der Waals surface area contributed by atoms with Crippen LogP contribution in [0.3, 0.4) is 0 Å². The van der Waals surface area contributed by atoms with Crippen LogP contribution in [0.25, 0.3) is 0 Å². The smallest absolute Gasteiger partial charge is 0.232 e. The fourth-order valence-corrected chi connectivity index (χ4v) is 3.95. The molecule has 0 aliphatic carbocycles. The predicted molar refractivity (Wildman–Crippen MR) is 128 cm³/mol. The van der Waals surface area contributed by atoms with Gasteiger partial charge in [0.2, 0.25) is 5.88 Å². The number of ether oxygens (including phenoxy) is 2. The molecular formula is C26H18BrClN2O2. The van der Waals surface area contributed by atoms with Crippen LogP contribution in [0.5, 0.6) is 17.4 Å². The Morgan fingerprint density at radius 3 is 2.31 bits per heavy atom. The van der Waals surface area contributed by atoms with Gasteiger partial charge in [-0.1, -0.05) is 72.3 Å². The van der Waals surface area contributed by atoms with E-state index in [2.05, 4.69) is 27.0 Å². The molecule has 0 aliphatic rings. The number of hydrogen-bond donors (Lipinski definition) is 0. The lowest BCUT2D eigenvalue weighted by Gasteiger charge is -2.16. The molecule has 0 spiro atoms. The van der Waals surface area contributed by atoms with Crippen molar-refractivity contribution in [1.82, 2.24) is 4.98 Å². The highest BCUT2D eigenvalue weighted by molar-refractivity contribution is 9.10. The number of nitrogens with zero attached hydrogens (tertiary/aromatic N) is 2. The third kappa shape index (κ3) is 5.47. The summed E-state index contributed by atoms with van der Waals surface area (Å²) in [6.07, 6.45) is 2.37. The lowest BCUT2D eigenvalue weighted by Crippen LogP contribution is -2.02. The molecular weight excluding hydrogens is 488 g/mol. The number of rotatable bonds is 7. The summed E-state index contributed by atoms with van der Waals surface area (Å²) in [5.74, 6) is 1.45. The van der Waals surface area contributed by atoms with Gasteiger partial charge in [0, 0.05) is 23.2 Å². The Hall–Kier alpha value is -3.33. The molecule has 4 rings (SSSR count). The summed E-state index contributed by atoms with van der Waals surface area (Å²) in [6, 6.07) is 26.9. The lowest BCUT2D eigenvalue weighted by atomic mass is 10.1. The van der Waals surface area contributed by atoms with E-state index < -0.39 is 0 Å². The van der Waals surface area contributed by atoms with E-state index in [1.54, 1.807) is 24.4 Å². The van der Waals surface area contributed by atoms with Crippen LogP contribution in [0.4, 0.5) is 0 Å². The minimum absolute atomic E-state index is 0.375. The van der Waals surface area contributed by atoms with Crippen molar-refractivity contribution in [3.63, 3.8) is 0 Å². The molecule has 0 unspecified atom stereocenters. The molecule has 0 bridgehead atoms. The second-order valence-corrected chi connectivity index (χ2v) is 8.29. The minimum atomic E-state index is 0.375. The number of halogens is 2. The Labute approximate surface area is 200 Å². The third-order valence-corrected chi connectivity index (χ3v) is 5.61. The quantitative estimate of drug-likeness (QED) is 0.264. The van der Waals surface area contributed by atoms with Crippen molar-refractivity contribution in [3.05, 3.63) is 117 Å². The Balaban J connectivity index is 1.69. The molecule has 1 heterocycles. The van der Waals surface area contributed by atoms with Gasteiger partial charge in [-0.3, -0.25) is 0 Å². The van der Waals surface area contributed by atoms with Crippen LogP contribution in [0.15, 0.2) is 89.5 Å². The van der Waals surface area contributed by atoms with Crippen LogP contribution in [-0.4, -0.2) is 4.98 Å². The van der Waals surface area contributed by atoms with Gasteiger partial charge in [-0.2, -0.15) is 5.26 Å². The van der Waals surface area contributed by atoms with Crippen molar-refractivity contribution in [3.8, 4) is 23.4 Å². The molecule has 4 nitrogen and oxygen atoms in total. The molecule has 32 heavy (non-hydrogen) atoms. The van der Waals surface area contributed by atoms with E-state index in [4.69, 9.17) is 21.1 Å². The fourth-order valence-electron chi connectivity index (χ4n) is 3.17. The Morgan fingerprint density at radius 2 is 1.62 bits per heavy atom. The maximum atomic E-state index is 9.28. The Bertz CT molecular complexity index is 1260. The standard InChI is InChI=1S/C26H18BrClN2O2/c27-24-25(32-23-13-20(15-29)12-22(28)14-23)21(11-18-7-3-1-4-8-18)16-30-26(24)31-17-19-9-5-2-6-10-19/h1-10,12-14,16H,11,17H2. The summed E-state index contributed by atoms with van der Waals surface area (Å²) in [5, 5.41) is 9.70. The van der Waals surface area contributed by atoms with Crippen LogP contribution >= 0.6 is 27.5 Å². The van der Waals surface area contributed by atoms with Gasteiger partial charge in [0.15, 0.2) is 5.75 Å². The lowest BCUT2D eigenvalue weighted by molar-refractivity contribution is 0.289. The van der Waals surface area contributed by atoms with Crippen LogP contribution in [-0.2, 0) is 13.0 Å². The molecule has 0 saturated carbocycles. The maximum absolute atomic E-state index is 9.28. The largest absolute Gasteiger partial charge is 0.472 e. The molecule has 0 atom stereocenters. The van der Waals surface area contributed by atoms with Crippen LogP contribution < -0.4 is 9.47 Å². The monoisotopic (exact) mass is 504 g/mol. The first kappa shape index (κ1) is 21.9. The number of hydrogen-bond acceptors (Lipinski definition) is 4. The molecule has 0 amide bonds. The number of pyridine rings is 1. The van der Waals surface area contributed by atoms with Gasteiger partial charge in [0.05, 0.1) is 11.6 Å². The van der Waals surface area contributed by atoms with Gasteiger partial charge < -0.3 is 9.47 Å². The minimum Gasteiger partial charge on any atom is -0.472 e. The van der Waals surface area contributed by atoms with Crippen molar-refractivity contribution in [2.45, 2.75) is 13.0 Å². The molecule has 158 valence electrons. The number of nitriles is 1. The van der Waals surface area contributed by atoms with E-state index in [0.717, 1.165) is 16.7 Å². The second kappa shape index (κ2) is 10.3. The summed E-state index contributed by atoms with van der Waals surface area (Å²) in [5.41, 5.74) is 3.44. The summed E-state index contributed by atoms with van der Waals surface area (Å²) < 4.78 is 12.8. The van der Waals surface area contributed by atoms with E-state index in [1.165, 1.54) is 0 Å². The van der Waals surface area contributed by atoms with E-state index in [0.29, 0.717) is 45.5 Å². The Morgan fingerprint density at radius 1 is 0.938 bits per heavy atom. The molecule has 6 heteroatoms. The fraction of sp³-hybridized carbons (Fsp3) is 0.0769. The average molecular weight is 506 g/mol. The van der Waals surface area contributed by atoms with Crippen LogP contribution in [0.2, 0.25) is 5.02 Å². The third-order valence-electron chi connectivity index (χ3n) is 4.69. The zero-order chi connectivity index (χ0) is 22.3. The van der Waals surface area contributed by atoms with Crippen molar-refractivity contribution >= 4 is 27.5 Å². The summed E-state index contributed by atoms with van der Waals surface area (Å²) in [4.78, 5) is 4.52. The number of benzene rings is 3. The van der Waals surface area contributed by atoms with Gasteiger partial charge in [-0.05, 0) is 45.3 Å². The first-order valence-electron chi connectivity index (χ1n) is 9.89. The predicted octanol–water partition coefficient (Wildman–Crippen LogP) is 7.33. The Kier molecular flexibility index (Phi) is 7.06. The van der Waals surface area contributed by atoms with Crippen LogP contribution in [0.1, 0.15) is 22.3 Å². The second-order valence-electron chi connectivity index (χ2n) is 7.06. The number of aromatic nitrogens is 1. The normalized spacial score (nSPS) is 10.4. The molecule has 3 aromatic carbocycles. The van der Waals surface area contributed by atoms with Gasteiger partial charge >= 0.3 is 0 Å². The van der Waals surface area contributed by atoms with Crippen molar-refractivity contribution in [2.24, 2.45) is 0 Å². The summed E-state index contributed by atoms with van der Waals surface area (Å²) in [7, 11) is 0. The van der Waals surface area contributed by atoms with Crippen LogP contribution in [0, 0.1) is 11.3 Å². The molecule has 0 saturated heterocycles. The average Bonchev–Trinajstić information content (AvgIpc) is 2.82. The summed E-state index contributed by atoms with van der Waals surface area (Å²) >= 11 is 9.79. The van der Waals surface area contributed by atoms with Crippen molar-refractivity contribution in [1.29, 1.82) is 5.26 Å². The van der Waals surface area contributed by atoms with Gasteiger partial charge in [0.25, 0.3) is 0 Å². The SMILES string of the molecule is N#Cc1cc(Cl)cc(Oc2c(Cc3ccccc3)cnc(OCc3ccccc3)c2Br)c1. The molecule has 1 aromatic heterocycles. The van der Waals surface area contributed by atoms with Gasteiger partial charge in [-0.25, -0.2) is 4.98 Å². The summed E-state index contributed by atoms with van der Waals surface area (Å²) in [6.45, 7) is 0.375. The van der Waals surface area contributed by atoms with E-state index in [-0.39, 0.29) is 0 Å². The van der Waals surface area contributed by atoms with E-state index >= 15 is 0 Å². The molecule has 0 aliphatic heterocycles. The van der Waals surface area contributed by atoms with Crippen molar-refractivity contribution in [2.75, 3.05) is 0 Å². The van der Waals surface area contributed by atoms with E-state index in [9.17, 15) is 5.26 Å². The first-order chi connectivity index (χ1) is 15.6. The molecule has 4 aromatic rings. The molecule has 0 fully saturated rings. The maximum Gasteiger partial charge on any atom is 0.232 e. The molecule has 0 radical (unpaired) electrons. The van der Waals surface area contributed by atoms with E-state index in [1.807, 2.05) is 60.7 Å². The zero-order valence-electron chi connectivity index (χ0n) is 17.0. The van der Waals surface area contributed by atoms with Gasteiger partial charge in [0.1, 0.15) is 16.8 Å². The van der Waals surface area contributed by atoms with Crippen molar-refractivity contribution < 1.29 is 9.47 Å². The van der Waals surface area contributed by atoms with Gasteiger partial charge in [-0.15, -0.1) is 0 Å².